The molecule has 0 saturated carbocycles. The van der Waals surface area contributed by atoms with Crippen molar-refractivity contribution in [1.82, 2.24) is 0 Å². The van der Waals surface area contributed by atoms with E-state index in [2.05, 4.69) is 0 Å². The van der Waals surface area contributed by atoms with E-state index in [0.717, 1.165) is 6.42 Å². The van der Waals surface area contributed by atoms with Gasteiger partial charge in [-0.05, 0) is 37.6 Å². The number of aromatic carboxylic acids is 1. The Bertz CT molecular complexity index is 801. The number of hydrogen-bond acceptors (Lipinski definition) is 5. The summed E-state index contributed by atoms with van der Waals surface area (Å²) in [5.41, 5.74) is 1.20. The Labute approximate surface area is 157 Å². The molecule has 0 bridgehead atoms. The van der Waals surface area contributed by atoms with E-state index in [1.165, 1.54) is 18.7 Å². The van der Waals surface area contributed by atoms with Crippen LogP contribution in [0.4, 0.5) is 0 Å². The smallest absolute Gasteiger partial charge is 0.336 e. The minimum Gasteiger partial charge on any atom is -0.507 e. The van der Waals surface area contributed by atoms with Gasteiger partial charge in [-0.25, -0.2) is 4.79 Å². The molecule has 2 N–H and O–H groups in total. The molecule has 5 nitrogen and oxygen atoms in total. The number of phenols is 1. The molecule has 0 aromatic heterocycles. The number of ether oxygens (including phenoxy) is 1. The Hall–Kier alpha value is -2.47. The van der Waals surface area contributed by atoms with Crippen LogP contribution in [0.25, 0.3) is 0 Å². The van der Waals surface area contributed by atoms with Crippen molar-refractivity contribution in [3.05, 3.63) is 53.1 Å². The van der Waals surface area contributed by atoms with E-state index in [4.69, 9.17) is 4.74 Å². The van der Waals surface area contributed by atoms with Crippen molar-refractivity contribution in [2.45, 2.75) is 31.6 Å². The number of rotatable bonds is 9. The molecule has 0 amide bonds. The highest BCUT2D eigenvalue weighted by Gasteiger charge is 2.16. The fraction of sp³-hybridized carbons (Fsp3) is 0.300. The number of Topliss-reactive ketones (excluding diaryl/α,β-unsaturated/α-hetero) is 1. The van der Waals surface area contributed by atoms with Crippen molar-refractivity contribution in [3.8, 4) is 11.5 Å². The molecule has 6 heteroatoms. The van der Waals surface area contributed by atoms with Crippen molar-refractivity contribution in [2.24, 2.45) is 0 Å². The molecule has 0 saturated heterocycles. The number of ketones is 1. The summed E-state index contributed by atoms with van der Waals surface area (Å²) in [4.78, 5) is 23.5. The Morgan fingerprint density at radius 1 is 1.12 bits per heavy atom. The third-order valence-corrected chi connectivity index (χ3v) is 4.87. The third kappa shape index (κ3) is 4.79. The average Bonchev–Trinajstić information content (AvgIpc) is 2.61. The summed E-state index contributed by atoms with van der Waals surface area (Å²) in [5.74, 6) is -0.0381. The van der Waals surface area contributed by atoms with Gasteiger partial charge in [-0.3, -0.25) is 4.79 Å². The predicted octanol–water partition coefficient (Wildman–Crippen LogP) is 4.42. The van der Waals surface area contributed by atoms with Gasteiger partial charge in [0.25, 0.3) is 0 Å². The molecule has 0 radical (unpaired) electrons. The van der Waals surface area contributed by atoms with E-state index in [1.54, 1.807) is 36.4 Å². The third-order valence-electron chi connectivity index (χ3n) is 3.83. The lowest BCUT2D eigenvalue weighted by Crippen LogP contribution is -2.06. The van der Waals surface area contributed by atoms with E-state index in [-0.39, 0.29) is 17.1 Å². The van der Waals surface area contributed by atoms with Crippen LogP contribution in [0.2, 0.25) is 0 Å². The highest BCUT2D eigenvalue weighted by Crippen LogP contribution is 2.33. The van der Waals surface area contributed by atoms with Gasteiger partial charge in [0, 0.05) is 16.2 Å². The molecular formula is C20H22O5S. The molecule has 26 heavy (non-hydrogen) atoms. The summed E-state index contributed by atoms with van der Waals surface area (Å²) in [6.45, 7) is 3.76. The first-order chi connectivity index (χ1) is 12.5. The molecule has 0 spiro atoms. The van der Waals surface area contributed by atoms with Gasteiger partial charge in [0.2, 0.25) is 0 Å². The maximum atomic E-state index is 11.6. The average molecular weight is 374 g/mol. The molecular weight excluding hydrogens is 352 g/mol. The fourth-order valence-corrected chi connectivity index (χ4v) is 3.47. The van der Waals surface area contributed by atoms with Crippen LogP contribution in [-0.2, 0) is 6.42 Å². The fourth-order valence-electron chi connectivity index (χ4n) is 2.60. The second-order valence-corrected chi connectivity index (χ2v) is 6.88. The SMILES string of the molecule is CCCc1c(OCCSc2ccccc2C(=O)O)ccc(C(C)=O)c1O. The number of phenolic OH excluding ortho intramolecular Hbond substituents is 1. The molecule has 0 aliphatic heterocycles. The monoisotopic (exact) mass is 374 g/mol. The molecule has 0 heterocycles. The summed E-state index contributed by atoms with van der Waals surface area (Å²) in [6, 6.07) is 10.1. The molecule has 0 aliphatic carbocycles. The maximum Gasteiger partial charge on any atom is 0.336 e. The zero-order valence-electron chi connectivity index (χ0n) is 14.8. The van der Waals surface area contributed by atoms with Gasteiger partial charge < -0.3 is 14.9 Å². The van der Waals surface area contributed by atoms with Crippen molar-refractivity contribution < 1.29 is 24.5 Å². The number of carbonyl (C=O) groups is 2. The summed E-state index contributed by atoms with van der Waals surface area (Å²) >= 11 is 1.40. The van der Waals surface area contributed by atoms with Crippen molar-refractivity contribution >= 4 is 23.5 Å². The van der Waals surface area contributed by atoms with E-state index in [0.29, 0.717) is 40.6 Å². The van der Waals surface area contributed by atoms with Crippen LogP contribution >= 0.6 is 11.8 Å². The van der Waals surface area contributed by atoms with Crippen LogP contribution in [0, 0.1) is 0 Å². The summed E-state index contributed by atoms with van der Waals surface area (Å²) in [5, 5.41) is 19.5. The lowest BCUT2D eigenvalue weighted by molar-refractivity contribution is 0.0693. The van der Waals surface area contributed by atoms with Gasteiger partial charge in [0.15, 0.2) is 5.78 Å². The second kappa shape index (κ2) is 9.29. The normalized spacial score (nSPS) is 10.5. The second-order valence-electron chi connectivity index (χ2n) is 5.74. The zero-order chi connectivity index (χ0) is 19.1. The highest BCUT2D eigenvalue weighted by atomic mass is 32.2. The van der Waals surface area contributed by atoms with Gasteiger partial charge in [0.05, 0.1) is 17.7 Å². The predicted molar refractivity (Wildman–Crippen MR) is 102 cm³/mol. The molecule has 0 atom stereocenters. The molecule has 0 unspecified atom stereocenters. The van der Waals surface area contributed by atoms with Crippen molar-refractivity contribution in [3.63, 3.8) is 0 Å². The van der Waals surface area contributed by atoms with Crippen LogP contribution in [0.15, 0.2) is 41.3 Å². The molecule has 2 aromatic rings. The topological polar surface area (TPSA) is 83.8 Å². The van der Waals surface area contributed by atoms with E-state index in [1.807, 2.05) is 6.92 Å². The van der Waals surface area contributed by atoms with Crippen LogP contribution in [0.1, 0.15) is 46.5 Å². The van der Waals surface area contributed by atoms with Gasteiger partial charge in [-0.15, -0.1) is 11.8 Å². The van der Waals surface area contributed by atoms with Crippen LogP contribution < -0.4 is 4.74 Å². The van der Waals surface area contributed by atoms with Crippen LogP contribution in [-0.4, -0.2) is 34.3 Å². The van der Waals surface area contributed by atoms with Gasteiger partial charge in [-0.1, -0.05) is 25.5 Å². The van der Waals surface area contributed by atoms with Gasteiger partial charge in [-0.2, -0.15) is 0 Å². The van der Waals surface area contributed by atoms with Crippen molar-refractivity contribution in [1.29, 1.82) is 0 Å². The zero-order valence-corrected chi connectivity index (χ0v) is 15.6. The number of carboxylic acid groups (broad SMARTS) is 1. The highest BCUT2D eigenvalue weighted by molar-refractivity contribution is 7.99. The van der Waals surface area contributed by atoms with Crippen LogP contribution in [0.5, 0.6) is 11.5 Å². The first kappa shape index (κ1) is 19.8. The largest absolute Gasteiger partial charge is 0.507 e. The first-order valence-corrected chi connectivity index (χ1v) is 9.38. The molecule has 2 rings (SSSR count). The minimum atomic E-state index is -0.955. The number of hydrogen-bond donors (Lipinski definition) is 2. The molecule has 0 aliphatic rings. The molecule has 138 valence electrons. The Balaban J connectivity index is 2.05. The standard InChI is InChI=1S/C20H22O5S/c1-3-6-15-17(10-9-14(13(2)21)19(15)22)25-11-12-26-18-8-5-4-7-16(18)20(23)24/h4-5,7-10,22H,3,6,11-12H2,1-2H3,(H,23,24). The summed E-state index contributed by atoms with van der Waals surface area (Å²) in [6.07, 6.45) is 1.42. The Morgan fingerprint density at radius 3 is 2.50 bits per heavy atom. The summed E-state index contributed by atoms with van der Waals surface area (Å²) in [7, 11) is 0. The number of carbonyl (C=O) groups excluding carboxylic acids is 1. The Morgan fingerprint density at radius 2 is 1.85 bits per heavy atom. The van der Waals surface area contributed by atoms with Crippen LogP contribution in [0.3, 0.4) is 0 Å². The summed E-state index contributed by atoms with van der Waals surface area (Å²) < 4.78 is 5.79. The van der Waals surface area contributed by atoms with Crippen molar-refractivity contribution in [2.75, 3.05) is 12.4 Å². The lowest BCUT2D eigenvalue weighted by atomic mass is 10.0. The van der Waals surface area contributed by atoms with Gasteiger partial charge >= 0.3 is 5.97 Å². The first-order valence-electron chi connectivity index (χ1n) is 8.39. The Kier molecular flexibility index (Phi) is 7.09. The van der Waals surface area contributed by atoms with E-state index in [9.17, 15) is 19.8 Å². The lowest BCUT2D eigenvalue weighted by Gasteiger charge is -2.14. The number of carboxylic acids is 1. The van der Waals surface area contributed by atoms with Gasteiger partial charge in [0.1, 0.15) is 11.5 Å². The quantitative estimate of drug-likeness (QED) is 0.384. The van der Waals surface area contributed by atoms with E-state index < -0.39 is 5.97 Å². The molecule has 0 fully saturated rings. The number of aromatic hydroxyl groups is 1. The van der Waals surface area contributed by atoms with E-state index >= 15 is 0 Å². The maximum absolute atomic E-state index is 11.6. The minimum absolute atomic E-state index is 0.0132. The number of thioether (sulfide) groups is 1. The molecule has 2 aromatic carbocycles. The number of benzene rings is 2.